The van der Waals surface area contributed by atoms with Crippen LogP contribution in [0.4, 0.5) is 0 Å². The zero-order chi connectivity index (χ0) is 18.4. The molecule has 6 heteroatoms. The van der Waals surface area contributed by atoms with Crippen LogP contribution >= 0.6 is 0 Å². The van der Waals surface area contributed by atoms with Crippen molar-refractivity contribution >= 4 is 5.91 Å². The lowest BCUT2D eigenvalue weighted by Gasteiger charge is -2.22. The van der Waals surface area contributed by atoms with E-state index < -0.39 is 0 Å². The van der Waals surface area contributed by atoms with E-state index in [0.29, 0.717) is 24.5 Å². The summed E-state index contributed by atoms with van der Waals surface area (Å²) in [5.74, 6) is 1.91. The highest BCUT2D eigenvalue weighted by Crippen LogP contribution is 2.33. The maximum Gasteiger partial charge on any atom is 0.227 e. The molecular weight excluding hydrogens is 320 g/mol. The maximum absolute atomic E-state index is 12.7. The second-order valence-corrected chi connectivity index (χ2v) is 6.31. The predicted octanol–water partition coefficient (Wildman–Crippen LogP) is 3.10. The highest BCUT2D eigenvalue weighted by molar-refractivity contribution is 5.84. The van der Waals surface area contributed by atoms with Crippen LogP contribution in [0.3, 0.4) is 0 Å². The summed E-state index contributed by atoms with van der Waals surface area (Å²) in [7, 11) is 3.18. The first-order valence-electron chi connectivity index (χ1n) is 8.38. The van der Waals surface area contributed by atoms with Gasteiger partial charge in [-0.2, -0.15) is 0 Å². The first-order chi connectivity index (χ1) is 12.0. The molecule has 0 spiro atoms. The molecule has 0 aliphatic heterocycles. The summed E-state index contributed by atoms with van der Waals surface area (Å²) >= 11 is 0. The monoisotopic (exact) mass is 346 g/mol. The lowest BCUT2D eigenvalue weighted by molar-refractivity contribution is -0.123. The molecule has 1 aromatic carbocycles. The van der Waals surface area contributed by atoms with E-state index in [1.54, 1.807) is 14.2 Å². The van der Waals surface area contributed by atoms with E-state index in [9.17, 15) is 4.79 Å². The van der Waals surface area contributed by atoms with E-state index >= 15 is 0 Å². The van der Waals surface area contributed by atoms with Crippen LogP contribution in [0.15, 0.2) is 28.8 Å². The van der Waals surface area contributed by atoms with Crippen molar-refractivity contribution in [2.75, 3.05) is 20.8 Å². The Morgan fingerprint density at radius 3 is 2.48 bits per heavy atom. The van der Waals surface area contributed by atoms with Crippen LogP contribution in [-0.4, -0.2) is 31.8 Å². The van der Waals surface area contributed by atoms with Crippen LogP contribution in [-0.2, 0) is 11.2 Å². The number of methoxy groups -OCH3 is 2. The normalized spacial score (nSPS) is 12.1. The van der Waals surface area contributed by atoms with Gasteiger partial charge in [-0.1, -0.05) is 25.1 Å². The lowest BCUT2D eigenvalue weighted by atomic mass is 9.87. The molecule has 6 nitrogen and oxygen atoms in total. The minimum absolute atomic E-state index is 0.0116. The van der Waals surface area contributed by atoms with Crippen molar-refractivity contribution in [2.45, 2.75) is 33.1 Å². The molecule has 136 valence electrons. The van der Waals surface area contributed by atoms with Gasteiger partial charge in [-0.3, -0.25) is 4.79 Å². The summed E-state index contributed by atoms with van der Waals surface area (Å²) in [4.78, 5) is 12.7. The molecule has 0 radical (unpaired) electrons. The maximum atomic E-state index is 12.7. The third-order valence-electron chi connectivity index (χ3n) is 4.07. The van der Waals surface area contributed by atoms with Crippen molar-refractivity contribution in [3.05, 3.63) is 41.3 Å². The van der Waals surface area contributed by atoms with Gasteiger partial charge in [-0.25, -0.2) is 0 Å². The minimum atomic E-state index is -0.265. The molecule has 1 heterocycles. The number of hydrogen-bond acceptors (Lipinski definition) is 5. The molecular formula is C19H26N2O4. The zero-order valence-electron chi connectivity index (χ0n) is 15.5. The summed E-state index contributed by atoms with van der Waals surface area (Å²) in [6, 6.07) is 7.48. The third-order valence-corrected chi connectivity index (χ3v) is 4.07. The van der Waals surface area contributed by atoms with Crippen LogP contribution in [0, 0.1) is 12.8 Å². The van der Waals surface area contributed by atoms with Gasteiger partial charge >= 0.3 is 0 Å². The number of ether oxygens (including phenoxy) is 2. The Morgan fingerprint density at radius 1 is 1.20 bits per heavy atom. The topological polar surface area (TPSA) is 73.6 Å². The predicted molar refractivity (Wildman–Crippen MR) is 95.1 cm³/mol. The van der Waals surface area contributed by atoms with Crippen LogP contribution in [0.5, 0.6) is 11.5 Å². The molecule has 0 aliphatic rings. The molecule has 0 aliphatic carbocycles. The number of aryl methyl sites for hydroxylation is 1. The van der Waals surface area contributed by atoms with Crippen molar-refractivity contribution in [3.63, 3.8) is 0 Å². The summed E-state index contributed by atoms with van der Waals surface area (Å²) in [6.07, 6.45) is 0.639. The van der Waals surface area contributed by atoms with Gasteiger partial charge in [0.15, 0.2) is 11.5 Å². The first-order valence-corrected chi connectivity index (χ1v) is 8.38. The molecule has 0 fully saturated rings. The van der Waals surface area contributed by atoms with Gasteiger partial charge in [-0.15, -0.1) is 0 Å². The van der Waals surface area contributed by atoms with E-state index in [2.05, 4.69) is 10.5 Å². The van der Waals surface area contributed by atoms with Gasteiger partial charge in [0.25, 0.3) is 0 Å². The Labute approximate surface area is 148 Å². The largest absolute Gasteiger partial charge is 0.493 e. The number of nitrogens with zero attached hydrogens (tertiary/aromatic N) is 1. The molecule has 0 saturated carbocycles. The number of carbonyl (C=O) groups excluding carboxylic acids is 1. The second-order valence-electron chi connectivity index (χ2n) is 6.31. The molecule has 1 unspecified atom stereocenters. The summed E-state index contributed by atoms with van der Waals surface area (Å²) < 4.78 is 15.7. The van der Waals surface area contributed by atoms with Gasteiger partial charge in [0.1, 0.15) is 5.76 Å². The fourth-order valence-corrected chi connectivity index (χ4v) is 2.84. The average molecular weight is 346 g/mol. The van der Waals surface area contributed by atoms with E-state index in [0.717, 1.165) is 17.0 Å². The minimum Gasteiger partial charge on any atom is -0.493 e. The van der Waals surface area contributed by atoms with Crippen molar-refractivity contribution in [2.24, 2.45) is 5.92 Å². The quantitative estimate of drug-likeness (QED) is 0.795. The first kappa shape index (κ1) is 18.8. The van der Waals surface area contributed by atoms with E-state index in [4.69, 9.17) is 14.0 Å². The standard InChI is InChI=1S/C19H26N2O4/c1-12(2)18(14-6-7-16(23-4)17(11-14)24-5)19(22)20-9-8-15-10-13(3)25-21-15/h6-7,10-12,18H,8-9H2,1-5H3,(H,20,22). The van der Waals surface area contributed by atoms with Crippen molar-refractivity contribution in [1.82, 2.24) is 10.5 Å². The average Bonchev–Trinajstić information content (AvgIpc) is 2.99. The smallest absolute Gasteiger partial charge is 0.227 e. The number of amides is 1. The molecule has 1 amide bonds. The Morgan fingerprint density at radius 2 is 1.92 bits per heavy atom. The van der Waals surface area contributed by atoms with Crippen LogP contribution in [0.1, 0.15) is 36.8 Å². The van der Waals surface area contributed by atoms with E-state index in [1.165, 1.54) is 0 Å². The summed E-state index contributed by atoms with van der Waals surface area (Å²) in [6.45, 7) is 6.42. The number of aromatic nitrogens is 1. The molecule has 1 N–H and O–H groups in total. The van der Waals surface area contributed by atoms with Crippen LogP contribution in [0.25, 0.3) is 0 Å². The molecule has 0 bridgehead atoms. The van der Waals surface area contributed by atoms with Gasteiger partial charge in [-0.05, 0) is 30.5 Å². The van der Waals surface area contributed by atoms with Gasteiger partial charge in [0, 0.05) is 19.0 Å². The van der Waals surface area contributed by atoms with Crippen LogP contribution in [0.2, 0.25) is 0 Å². The fourth-order valence-electron chi connectivity index (χ4n) is 2.84. The highest BCUT2D eigenvalue weighted by Gasteiger charge is 2.25. The molecule has 2 aromatic rings. The van der Waals surface area contributed by atoms with E-state index in [1.807, 2.05) is 45.0 Å². The third kappa shape index (κ3) is 4.75. The Balaban J connectivity index is 2.07. The molecule has 0 saturated heterocycles. The number of carbonyl (C=O) groups is 1. The number of hydrogen-bond donors (Lipinski definition) is 1. The Kier molecular flexibility index (Phi) is 6.44. The number of rotatable bonds is 8. The Bertz CT molecular complexity index is 709. The second kappa shape index (κ2) is 8.55. The number of nitrogens with one attached hydrogen (secondary N) is 1. The zero-order valence-corrected chi connectivity index (χ0v) is 15.5. The molecule has 1 atom stereocenters. The number of benzene rings is 1. The SMILES string of the molecule is COc1ccc(C(C(=O)NCCc2cc(C)on2)C(C)C)cc1OC. The highest BCUT2D eigenvalue weighted by atomic mass is 16.5. The Hall–Kier alpha value is -2.50. The van der Waals surface area contributed by atoms with Gasteiger partial charge in [0.05, 0.1) is 25.8 Å². The van der Waals surface area contributed by atoms with Crippen molar-refractivity contribution in [3.8, 4) is 11.5 Å². The molecule has 25 heavy (non-hydrogen) atoms. The van der Waals surface area contributed by atoms with E-state index in [-0.39, 0.29) is 17.7 Å². The molecule has 1 aromatic heterocycles. The van der Waals surface area contributed by atoms with Crippen molar-refractivity contribution in [1.29, 1.82) is 0 Å². The van der Waals surface area contributed by atoms with Crippen LogP contribution < -0.4 is 14.8 Å². The van der Waals surface area contributed by atoms with Gasteiger partial charge < -0.3 is 19.3 Å². The van der Waals surface area contributed by atoms with Gasteiger partial charge in [0.2, 0.25) is 5.91 Å². The summed E-state index contributed by atoms with van der Waals surface area (Å²) in [5, 5.41) is 6.93. The fraction of sp³-hybridized carbons (Fsp3) is 0.474. The lowest BCUT2D eigenvalue weighted by Crippen LogP contribution is -2.33. The molecule has 2 rings (SSSR count). The van der Waals surface area contributed by atoms with Crippen molar-refractivity contribution < 1.29 is 18.8 Å². The summed E-state index contributed by atoms with van der Waals surface area (Å²) in [5.41, 5.74) is 1.74.